The minimum Gasteiger partial charge on any atom is -0.481 e. The fraction of sp³-hybridized carbons (Fsp3) is 0.837. The van der Waals surface area contributed by atoms with Crippen molar-refractivity contribution >= 4 is 54.2 Å². The summed E-state index contributed by atoms with van der Waals surface area (Å²) in [5.74, 6) is -5.28. The van der Waals surface area contributed by atoms with Gasteiger partial charge in [-0.2, -0.15) is 0 Å². The number of carbonyl (C=O) groups excluding carboxylic acids is 6. The van der Waals surface area contributed by atoms with Crippen molar-refractivity contribution in [1.82, 2.24) is 16.0 Å². The van der Waals surface area contributed by atoms with Crippen molar-refractivity contribution in [3.63, 3.8) is 0 Å². The minimum absolute atomic E-state index is 0.191. The van der Waals surface area contributed by atoms with Crippen molar-refractivity contribution in [1.29, 1.82) is 0 Å². The number of hydrogen-bond donors (Lipinski definition) is 7. The lowest BCUT2D eigenvalue weighted by Crippen LogP contribution is -2.64. The first-order chi connectivity index (χ1) is 29.0. The number of amides is 4. The van der Waals surface area contributed by atoms with Gasteiger partial charge in [-0.3, -0.25) is 33.6 Å². The molecule has 0 aliphatic carbocycles. The van der Waals surface area contributed by atoms with Crippen molar-refractivity contribution in [2.24, 2.45) is 5.73 Å². The number of nitrogens with one attached hydrogen (secondary N) is 3. The number of rotatable bonds is 34. The molecular weight excluding hydrogens is 813 g/mol. The number of hydrogen-bond acceptors (Lipinski definition) is 13. The van der Waals surface area contributed by atoms with Crippen LogP contribution in [-0.2, 0) is 52.5 Å². The number of carboxylic acids is 1. The average molecular weight is 889 g/mol. The van der Waals surface area contributed by atoms with Crippen LogP contribution in [0.5, 0.6) is 0 Å². The fourth-order valence-corrected chi connectivity index (χ4v) is 7.34. The molecule has 1 rings (SSSR count). The molecule has 4 amide bonds. The van der Waals surface area contributed by atoms with Crippen molar-refractivity contribution < 1.29 is 62.7 Å². The van der Waals surface area contributed by atoms with Crippen LogP contribution in [-0.4, -0.2) is 112 Å². The SMILES string of the molecule is CCCCCCCCCCCC(=O)O[C@H](CCCCCCCCC)CC(=O)OC[C@H]1O[C@@H](S)[C@H](NC(C)=O)[C@H](OC(C)C(=O)N[C@@H](C)C(=O)N[C@H](CCC(=O)O)C(N)=O)[C@@H]1O. The number of esters is 2. The predicted molar refractivity (Wildman–Crippen MR) is 231 cm³/mol. The number of aliphatic hydroxyl groups is 1. The molecule has 0 aromatic rings. The number of carboxylic acid groups (broad SMARTS) is 1. The molecule has 17 nitrogen and oxygen atoms in total. The maximum absolute atomic E-state index is 13.2. The first-order valence-corrected chi connectivity index (χ1v) is 22.9. The Morgan fingerprint density at radius 3 is 1.85 bits per heavy atom. The second-order valence-electron chi connectivity index (χ2n) is 16.1. The van der Waals surface area contributed by atoms with E-state index in [1.807, 2.05) is 0 Å². The molecular formula is C43H76N4O13S. The third kappa shape index (κ3) is 24.7. The highest BCUT2D eigenvalue weighted by Gasteiger charge is 2.47. The molecule has 18 heteroatoms. The van der Waals surface area contributed by atoms with E-state index < -0.39 is 103 Å². The summed E-state index contributed by atoms with van der Waals surface area (Å²) in [5.41, 5.74) is 4.21. The lowest BCUT2D eigenvalue weighted by atomic mass is 9.97. The zero-order valence-electron chi connectivity index (χ0n) is 37.2. The normalized spacial score (nSPS) is 20.7. The number of nitrogens with two attached hydrogens (primary N) is 1. The first-order valence-electron chi connectivity index (χ1n) is 22.4. The third-order valence-corrected chi connectivity index (χ3v) is 11.0. The van der Waals surface area contributed by atoms with E-state index in [1.54, 1.807) is 0 Å². The summed E-state index contributed by atoms with van der Waals surface area (Å²) in [6.45, 7) is 7.82. The quantitative estimate of drug-likeness (QED) is 0.0267. The van der Waals surface area contributed by atoms with E-state index in [2.05, 4.69) is 42.4 Å². The van der Waals surface area contributed by atoms with Crippen LogP contribution in [0.4, 0.5) is 0 Å². The van der Waals surface area contributed by atoms with Crippen molar-refractivity contribution in [2.45, 2.75) is 224 Å². The van der Waals surface area contributed by atoms with Crippen LogP contribution in [0.15, 0.2) is 0 Å². The van der Waals surface area contributed by atoms with Crippen LogP contribution in [0, 0.1) is 0 Å². The number of unbranched alkanes of at least 4 members (excludes halogenated alkanes) is 14. The molecule has 61 heavy (non-hydrogen) atoms. The summed E-state index contributed by atoms with van der Waals surface area (Å²) < 4.78 is 23.1. The van der Waals surface area contributed by atoms with Gasteiger partial charge in [-0.25, -0.2) is 0 Å². The van der Waals surface area contributed by atoms with E-state index in [-0.39, 0.29) is 25.2 Å². The number of aliphatic carboxylic acids is 1. The van der Waals surface area contributed by atoms with Crippen LogP contribution in [0.3, 0.4) is 0 Å². The maximum atomic E-state index is 13.2. The molecule has 0 aromatic heterocycles. The number of primary amides is 1. The minimum atomic E-state index is -1.55. The van der Waals surface area contributed by atoms with Crippen molar-refractivity contribution in [3.8, 4) is 0 Å². The first kappa shape index (κ1) is 55.5. The topological polar surface area (TPSA) is 259 Å². The van der Waals surface area contributed by atoms with Crippen LogP contribution in [0.25, 0.3) is 0 Å². The monoisotopic (exact) mass is 889 g/mol. The van der Waals surface area contributed by atoms with Crippen LogP contribution < -0.4 is 21.7 Å². The van der Waals surface area contributed by atoms with Crippen LogP contribution in [0.2, 0.25) is 0 Å². The molecule has 1 saturated heterocycles. The van der Waals surface area contributed by atoms with E-state index in [0.717, 1.165) is 57.8 Å². The highest BCUT2D eigenvalue weighted by atomic mass is 32.1. The molecule has 0 bridgehead atoms. The Hall–Kier alpha value is -3.48. The van der Waals surface area contributed by atoms with Gasteiger partial charge in [0.05, 0.1) is 12.5 Å². The second-order valence-corrected chi connectivity index (χ2v) is 16.6. The van der Waals surface area contributed by atoms with E-state index in [1.165, 1.54) is 65.7 Å². The van der Waals surface area contributed by atoms with Gasteiger partial charge in [-0.15, -0.1) is 12.6 Å². The molecule has 0 spiro atoms. The Kier molecular flexibility index (Phi) is 29.3. The van der Waals surface area contributed by atoms with Crippen LogP contribution >= 0.6 is 12.6 Å². The number of aliphatic hydroxyl groups excluding tert-OH is 1. The molecule has 7 N–H and O–H groups in total. The molecule has 1 heterocycles. The molecule has 1 aliphatic heterocycles. The fourth-order valence-electron chi connectivity index (χ4n) is 6.94. The zero-order chi connectivity index (χ0) is 45.7. The second kappa shape index (κ2) is 32.2. The van der Waals surface area contributed by atoms with Crippen molar-refractivity contribution in [2.75, 3.05) is 6.61 Å². The number of ether oxygens (including phenoxy) is 4. The van der Waals surface area contributed by atoms with E-state index >= 15 is 0 Å². The Labute approximate surface area is 367 Å². The molecule has 352 valence electrons. The standard InChI is InChI=1S/C43H76N4O13S/c1-6-8-10-12-14-15-17-19-21-23-35(51)59-31(22-20-18-16-13-11-9-7-2)26-36(52)57-27-33-38(53)39(37(43(61)60-33)46-30(5)48)58-29(4)42(56)45-28(3)41(55)47-32(40(44)54)24-25-34(49)50/h28-29,31-33,37-39,43,53,61H,6-27H2,1-5H3,(H2,44,54)(H,45,56)(H,46,48)(H,47,55)(H,49,50)/t28-,29?,31+,32+,33+,37+,38+,39-,43-/m0/s1. The number of thiol groups is 1. The summed E-state index contributed by atoms with van der Waals surface area (Å²) in [6, 6.07) is -3.57. The molecule has 1 fully saturated rings. The highest BCUT2D eigenvalue weighted by molar-refractivity contribution is 7.80. The number of carbonyl (C=O) groups is 7. The smallest absolute Gasteiger partial charge is 0.309 e. The molecule has 9 atom stereocenters. The maximum Gasteiger partial charge on any atom is 0.309 e. The molecule has 1 aliphatic rings. The summed E-state index contributed by atoms with van der Waals surface area (Å²) in [4.78, 5) is 86.7. The Bertz CT molecular complexity index is 1340. The summed E-state index contributed by atoms with van der Waals surface area (Å²) in [7, 11) is 0. The third-order valence-electron chi connectivity index (χ3n) is 10.6. The van der Waals surface area contributed by atoms with Gasteiger partial charge in [0, 0.05) is 19.8 Å². The van der Waals surface area contributed by atoms with Gasteiger partial charge in [-0.1, -0.05) is 104 Å². The zero-order valence-corrected chi connectivity index (χ0v) is 38.1. The average Bonchev–Trinajstić information content (AvgIpc) is 3.19. The molecule has 0 saturated carbocycles. The summed E-state index contributed by atoms with van der Waals surface area (Å²) in [6.07, 6.45) is 11.3. The van der Waals surface area contributed by atoms with Crippen LogP contribution in [0.1, 0.15) is 169 Å². The molecule has 0 radical (unpaired) electrons. The lowest BCUT2D eigenvalue weighted by molar-refractivity contribution is -0.204. The van der Waals surface area contributed by atoms with Crippen molar-refractivity contribution in [3.05, 3.63) is 0 Å². The van der Waals surface area contributed by atoms with Gasteiger partial charge in [-0.05, 0) is 39.5 Å². The molecule has 0 aromatic carbocycles. The Morgan fingerprint density at radius 1 is 0.754 bits per heavy atom. The van der Waals surface area contributed by atoms with E-state index in [9.17, 15) is 38.7 Å². The lowest BCUT2D eigenvalue weighted by Gasteiger charge is -2.43. The molecule has 1 unspecified atom stereocenters. The highest BCUT2D eigenvalue weighted by Crippen LogP contribution is 2.27. The van der Waals surface area contributed by atoms with Gasteiger partial charge in [0.15, 0.2) is 0 Å². The van der Waals surface area contributed by atoms with Gasteiger partial charge < -0.3 is 50.8 Å². The van der Waals surface area contributed by atoms with Gasteiger partial charge >= 0.3 is 17.9 Å². The van der Waals surface area contributed by atoms with E-state index in [4.69, 9.17) is 29.8 Å². The van der Waals surface area contributed by atoms with E-state index in [0.29, 0.717) is 6.42 Å². The van der Waals surface area contributed by atoms with Gasteiger partial charge in [0.1, 0.15) is 54.6 Å². The Morgan fingerprint density at radius 2 is 1.31 bits per heavy atom. The summed E-state index contributed by atoms with van der Waals surface area (Å²) in [5, 5.41) is 27.7. The largest absolute Gasteiger partial charge is 0.481 e. The van der Waals surface area contributed by atoms with Gasteiger partial charge in [0.2, 0.25) is 23.6 Å². The summed E-state index contributed by atoms with van der Waals surface area (Å²) >= 11 is 4.45. The van der Waals surface area contributed by atoms with Gasteiger partial charge in [0.25, 0.3) is 0 Å². The Balaban J connectivity index is 2.89. The predicted octanol–water partition coefficient (Wildman–Crippen LogP) is 4.53.